The molecule has 0 N–H and O–H groups in total. The van der Waals surface area contributed by atoms with Crippen LogP contribution in [-0.2, 0) is 17.5 Å². The van der Waals surface area contributed by atoms with E-state index in [9.17, 15) is 18.0 Å². The Kier molecular flexibility index (Phi) is 4.65. The summed E-state index contributed by atoms with van der Waals surface area (Å²) < 4.78 is 48.4. The number of hydrogen-bond acceptors (Lipinski definition) is 5. The SMILES string of the molecule is C[C@H]1COc2cc(-c3nnc(C(F)(F)F)o3)ccc2CN1C(=O)C(C)(C)C. The number of ether oxygens (including phenoxy) is 1. The van der Waals surface area contributed by atoms with Crippen molar-refractivity contribution >= 4 is 5.91 Å². The Bertz CT molecular complexity index is 856. The van der Waals surface area contributed by atoms with Crippen LogP contribution in [0.1, 0.15) is 39.1 Å². The van der Waals surface area contributed by atoms with Crippen LogP contribution in [-0.4, -0.2) is 33.7 Å². The van der Waals surface area contributed by atoms with E-state index in [1.54, 1.807) is 23.1 Å². The summed E-state index contributed by atoms with van der Waals surface area (Å²) in [6.07, 6.45) is -4.70. The molecule has 3 rings (SSSR count). The fourth-order valence-corrected chi connectivity index (χ4v) is 2.75. The van der Waals surface area contributed by atoms with E-state index in [0.717, 1.165) is 5.56 Å². The van der Waals surface area contributed by atoms with Gasteiger partial charge in [0.2, 0.25) is 11.8 Å². The molecule has 0 saturated heterocycles. The second-order valence-electron chi connectivity index (χ2n) is 7.58. The third-order valence-electron chi connectivity index (χ3n) is 4.24. The van der Waals surface area contributed by atoms with Crippen LogP contribution in [0.25, 0.3) is 11.5 Å². The quantitative estimate of drug-likeness (QED) is 0.747. The molecular formula is C18H20F3N3O3. The molecule has 146 valence electrons. The fourth-order valence-electron chi connectivity index (χ4n) is 2.75. The number of fused-ring (bicyclic) bond motifs is 1. The Morgan fingerprint density at radius 3 is 2.52 bits per heavy atom. The van der Waals surface area contributed by atoms with Gasteiger partial charge in [0.25, 0.3) is 0 Å². The van der Waals surface area contributed by atoms with Crippen LogP contribution in [0, 0.1) is 5.41 Å². The first-order chi connectivity index (χ1) is 12.5. The number of carbonyl (C=O) groups excluding carboxylic acids is 1. The van der Waals surface area contributed by atoms with Gasteiger partial charge in [-0.05, 0) is 19.1 Å². The summed E-state index contributed by atoms with van der Waals surface area (Å²) in [5, 5.41) is 6.49. The van der Waals surface area contributed by atoms with Crippen molar-refractivity contribution in [3.63, 3.8) is 0 Å². The smallest absolute Gasteiger partial charge is 0.470 e. The second kappa shape index (κ2) is 6.54. The van der Waals surface area contributed by atoms with Crippen LogP contribution < -0.4 is 4.74 Å². The van der Waals surface area contributed by atoms with Gasteiger partial charge < -0.3 is 14.1 Å². The van der Waals surface area contributed by atoms with Gasteiger partial charge in [-0.3, -0.25) is 4.79 Å². The maximum atomic E-state index is 12.7. The zero-order valence-corrected chi connectivity index (χ0v) is 15.4. The predicted molar refractivity (Wildman–Crippen MR) is 89.7 cm³/mol. The number of carbonyl (C=O) groups is 1. The number of hydrogen-bond donors (Lipinski definition) is 0. The van der Waals surface area contributed by atoms with Crippen LogP contribution in [0.3, 0.4) is 0 Å². The first kappa shape index (κ1) is 19.2. The minimum absolute atomic E-state index is 0.00208. The van der Waals surface area contributed by atoms with Crippen molar-refractivity contribution in [2.24, 2.45) is 5.41 Å². The van der Waals surface area contributed by atoms with Gasteiger partial charge in [-0.2, -0.15) is 13.2 Å². The molecule has 1 aliphatic heterocycles. The lowest BCUT2D eigenvalue weighted by Crippen LogP contribution is -2.45. The molecule has 0 spiro atoms. The number of benzene rings is 1. The molecule has 6 nitrogen and oxygen atoms in total. The Labute approximate surface area is 154 Å². The van der Waals surface area contributed by atoms with E-state index in [1.807, 2.05) is 27.7 Å². The highest BCUT2D eigenvalue weighted by atomic mass is 19.4. The number of amides is 1. The third kappa shape index (κ3) is 3.91. The van der Waals surface area contributed by atoms with Gasteiger partial charge in [0.1, 0.15) is 12.4 Å². The average Bonchev–Trinajstić information content (AvgIpc) is 3.01. The van der Waals surface area contributed by atoms with E-state index in [4.69, 9.17) is 9.15 Å². The number of nitrogens with zero attached hydrogens (tertiary/aromatic N) is 3. The fraction of sp³-hybridized carbons (Fsp3) is 0.500. The molecule has 1 aromatic carbocycles. The van der Waals surface area contributed by atoms with Crippen LogP contribution in [0.4, 0.5) is 13.2 Å². The lowest BCUT2D eigenvalue weighted by atomic mass is 9.93. The molecule has 0 aliphatic carbocycles. The number of halogens is 3. The molecule has 1 aliphatic rings. The maximum absolute atomic E-state index is 12.7. The first-order valence-corrected chi connectivity index (χ1v) is 8.44. The molecule has 1 aromatic heterocycles. The Morgan fingerprint density at radius 2 is 1.93 bits per heavy atom. The van der Waals surface area contributed by atoms with Crippen LogP contribution in [0.2, 0.25) is 0 Å². The van der Waals surface area contributed by atoms with E-state index in [0.29, 0.717) is 17.9 Å². The highest BCUT2D eigenvalue weighted by Gasteiger charge is 2.38. The van der Waals surface area contributed by atoms with Gasteiger partial charge in [0.15, 0.2) is 0 Å². The van der Waals surface area contributed by atoms with Gasteiger partial charge in [-0.25, -0.2) is 0 Å². The van der Waals surface area contributed by atoms with Gasteiger partial charge in [-0.1, -0.05) is 26.8 Å². The van der Waals surface area contributed by atoms with Crippen LogP contribution >= 0.6 is 0 Å². The van der Waals surface area contributed by atoms with E-state index in [2.05, 4.69) is 10.2 Å². The van der Waals surface area contributed by atoms with Crippen molar-refractivity contribution in [2.45, 2.75) is 46.5 Å². The van der Waals surface area contributed by atoms with Gasteiger partial charge in [0, 0.05) is 23.1 Å². The number of rotatable bonds is 1. The molecule has 0 saturated carbocycles. The summed E-state index contributed by atoms with van der Waals surface area (Å²) in [7, 11) is 0. The Balaban J connectivity index is 1.90. The normalized spacial score (nSPS) is 17.9. The molecule has 0 radical (unpaired) electrons. The summed E-state index contributed by atoms with van der Waals surface area (Å²) in [6.45, 7) is 8.08. The summed E-state index contributed by atoms with van der Waals surface area (Å²) >= 11 is 0. The monoisotopic (exact) mass is 383 g/mol. The largest absolute Gasteiger partial charge is 0.491 e. The van der Waals surface area contributed by atoms with Gasteiger partial charge in [0.05, 0.1) is 6.04 Å². The summed E-state index contributed by atoms with van der Waals surface area (Å²) in [5.41, 5.74) is 0.549. The van der Waals surface area contributed by atoms with Crippen molar-refractivity contribution in [3.05, 3.63) is 29.7 Å². The zero-order valence-electron chi connectivity index (χ0n) is 15.4. The van der Waals surface area contributed by atoms with Crippen molar-refractivity contribution in [1.82, 2.24) is 15.1 Å². The standard InChI is InChI=1S/C18H20F3N3O3/c1-10-9-26-13-7-11(14-22-23-15(27-14)18(19,20)21)5-6-12(13)8-24(10)16(25)17(2,3)4/h5-7,10H,8-9H2,1-4H3/t10-/m0/s1. The lowest BCUT2D eigenvalue weighted by molar-refractivity contribution is -0.157. The molecule has 27 heavy (non-hydrogen) atoms. The molecule has 1 amide bonds. The van der Waals surface area contributed by atoms with Crippen LogP contribution in [0.5, 0.6) is 5.75 Å². The number of aromatic nitrogens is 2. The lowest BCUT2D eigenvalue weighted by Gasteiger charge is -2.32. The van der Waals surface area contributed by atoms with Crippen molar-refractivity contribution < 1.29 is 27.1 Å². The molecule has 9 heteroatoms. The first-order valence-electron chi connectivity index (χ1n) is 8.44. The summed E-state index contributed by atoms with van der Waals surface area (Å²) in [4.78, 5) is 14.5. The van der Waals surface area contributed by atoms with Crippen LogP contribution in [0.15, 0.2) is 22.6 Å². The van der Waals surface area contributed by atoms with Crippen molar-refractivity contribution in [3.8, 4) is 17.2 Å². The average molecular weight is 383 g/mol. The van der Waals surface area contributed by atoms with E-state index in [1.165, 1.54) is 0 Å². The van der Waals surface area contributed by atoms with E-state index >= 15 is 0 Å². The van der Waals surface area contributed by atoms with Gasteiger partial charge >= 0.3 is 12.1 Å². The molecule has 0 fully saturated rings. The van der Waals surface area contributed by atoms with E-state index in [-0.39, 0.29) is 24.4 Å². The Morgan fingerprint density at radius 1 is 1.22 bits per heavy atom. The van der Waals surface area contributed by atoms with E-state index < -0.39 is 17.5 Å². The second-order valence-corrected chi connectivity index (χ2v) is 7.58. The summed E-state index contributed by atoms with van der Waals surface area (Å²) in [6, 6.07) is 4.68. The number of alkyl halides is 3. The van der Waals surface area contributed by atoms with Crippen molar-refractivity contribution in [1.29, 1.82) is 0 Å². The Hall–Kier alpha value is -2.58. The molecular weight excluding hydrogens is 363 g/mol. The summed E-state index contributed by atoms with van der Waals surface area (Å²) in [5.74, 6) is -1.16. The van der Waals surface area contributed by atoms with Gasteiger partial charge in [-0.15, -0.1) is 10.2 Å². The third-order valence-corrected chi connectivity index (χ3v) is 4.24. The topological polar surface area (TPSA) is 68.5 Å². The minimum atomic E-state index is -4.70. The molecule has 0 bridgehead atoms. The zero-order chi connectivity index (χ0) is 20.0. The highest BCUT2D eigenvalue weighted by molar-refractivity contribution is 5.82. The molecule has 1 atom stereocenters. The van der Waals surface area contributed by atoms with Crippen molar-refractivity contribution in [2.75, 3.05) is 6.61 Å². The molecule has 2 heterocycles. The minimum Gasteiger partial charge on any atom is -0.491 e. The predicted octanol–water partition coefficient (Wildman–Crippen LogP) is 3.91. The molecule has 2 aromatic rings. The molecule has 0 unspecified atom stereocenters. The maximum Gasteiger partial charge on any atom is 0.470 e. The highest BCUT2D eigenvalue weighted by Crippen LogP contribution is 2.34.